The van der Waals surface area contributed by atoms with E-state index in [4.69, 9.17) is 16.0 Å². The van der Waals surface area contributed by atoms with Crippen molar-refractivity contribution in [2.45, 2.75) is 24.0 Å². The number of hydrogen-bond donors (Lipinski definition) is 0. The molecule has 2 heterocycles. The van der Waals surface area contributed by atoms with E-state index in [2.05, 4.69) is 16.1 Å². The lowest BCUT2D eigenvalue weighted by Gasteiger charge is -2.30. The molecule has 0 N–H and O–H groups in total. The van der Waals surface area contributed by atoms with Crippen molar-refractivity contribution < 1.29 is 4.42 Å². The molecule has 0 amide bonds. The predicted molar refractivity (Wildman–Crippen MR) is 64.8 cm³/mol. The van der Waals surface area contributed by atoms with Crippen LogP contribution in [-0.4, -0.2) is 29.6 Å². The summed E-state index contributed by atoms with van der Waals surface area (Å²) in [6, 6.07) is 0.726. The Morgan fingerprint density at radius 2 is 2.60 bits per heavy atom. The van der Waals surface area contributed by atoms with E-state index >= 15 is 0 Å². The smallest absolute Gasteiger partial charge is 0.297 e. The standard InChI is InChI=1S/C10H15ClN2OS/c1-15-9-3-2-4-13(6-9)10-12-8(5-11)7-14-10/h7,9H,2-6H2,1H3. The fourth-order valence-electron chi connectivity index (χ4n) is 1.81. The van der Waals surface area contributed by atoms with Crippen LogP contribution in [0.3, 0.4) is 0 Å². The molecule has 1 atom stereocenters. The molecule has 1 aromatic rings. The molecule has 1 aromatic heterocycles. The van der Waals surface area contributed by atoms with Gasteiger partial charge in [0.1, 0.15) is 6.26 Å². The Labute approximate surface area is 99.2 Å². The van der Waals surface area contributed by atoms with Crippen molar-refractivity contribution in [3.8, 4) is 0 Å². The van der Waals surface area contributed by atoms with Gasteiger partial charge < -0.3 is 9.32 Å². The highest BCUT2D eigenvalue weighted by Gasteiger charge is 2.22. The van der Waals surface area contributed by atoms with Gasteiger partial charge in [0, 0.05) is 18.3 Å². The van der Waals surface area contributed by atoms with Crippen molar-refractivity contribution >= 4 is 29.4 Å². The van der Waals surface area contributed by atoms with Gasteiger partial charge in [0.2, 0.25) is 0 Å². The molecule has 0 aromatic carbocycles. The van der Waals surface area contributed by atoms with E-state index < -0.39 is 0 Å². The van der Waals surface area contributed by atoms with Crippen LogP contribution in [0.15, 0.2) is 10.7 Å². The van der Waals surface area contributed by atoms with Crippen LogP contribution in [-0.2, 0) is 5.88 Å². The number of aromatic nitrogens is 1. The maximum Gasteiger partial charge on any atom is 0.297 e. The number of alkyl halides is 1. The quantitative estimate of drug-likeness (QED) is 0.767. The van der Waals surface area contributed by atoms with Gasteiger partial charge >= 0.3 is 0 Å². The molecule has 1 aliphatic heterocycles. The van der Waals surface area contributed by atoms with E-state index in [1.54, 1.807) is 6.26 Å². The zero-order chi connectivity index (χ0) is 10.7. The third kappa shape index (κ3) is 2.61. The van der Waals surface area contributed by atoms with Gasteiger partial charge in [0.25, 0.3) is 6.01 Å². The molecule has 0 radical (unpaired) electrons. The Balaban J connectivity index is 2.03. The number of nitrogens with zero attached hydrogens (tertiary/aromatic N) is 2. The highest BCUT2D eigenvalue weighted by molar-refractivity contribution is 7.99. The van der Waals surface area contributed by atoms with Gasteiger partial charge in [-0.2, -0.15) is 16.7 Å². The Morgan fingerprint density at radius 1 is 1.73 bits per heavy atom. The van der Waals surface area contributed by atoms with Crippen LogP contribution in [0.5, 0.6) is 0 Å². The zero-order valence-corrected chi connectivity index (χ0v) is 10.4. The van der Waals surface area contributed by atoms with Gasteiger partial charge in [-0.25, -0.2) is 0 Å². The van der Waals surface area contributed by atoms with Crippen LogP contribution in [0, 0.1) is 0 Å². The molecule has 15 heavy (non-hydrogen) atoms. The first-order valence-corrected chi connectivity index (χ1v) is 6.94. The molecule has 5 heteroatoms. The Kier molecular flexibility index (Phi) is 3.81. The van der Waals surface area contributed by atoms with Crippen LogP contribution in [0.1, 0.15) is 18.5 Å². The Bertz CT molecular complexity index is 318. The largest absolute Gasteiger partial charge is 0.432 e. The Hall–Kier alpha value is -0.350. The molecule has 1 unspecified atom stereocenters. The normalized spacial score (nSPS) is 22.0. The average Bonchev–Trinajstić information content (AvgIpc) is 2.78. The second kappa shape index (κ2) is 5.12. The molecule has 1 aliphatic rings. The minimum absolute atomic E-state index is 0.420. The molecule has 1 saturated heterocycles. The minimum Gasteiger partial charge on any atom is -0.432 e. The fraction of sp³-hybridized carbons (Fsp3) is 0.700. The van der Waals surface area contributed by atoms with E-state index in [9.17, 15) is 0 Å². The summed E-state index contributed by atoms with van der Waals surface area (Å²) < 4.78 is 5.41. The summed E-state index contributed by atoms with van der Waals surface area (Å²) in [4.78, 5) is 6.55. The number of anilines is 1. The van der Waals surface area contributed by atoms with Crippen molar-refractivity contribution in [3.63, 3.8) is 0 Å². The molecular weight excluding hydrogens is 232 g/mol. The molecule has 0 saturated carbocycles. The molecule has 1 fully saturated rings. The van der Waals surface area contributed by atoms with E-state index in [0.717, 1.165) is 24.8 Å². The first-order chi connectivity index (χ1) is 7.33. The van der Waals surface area contributed by atoms with Gasteiger partial charge in [-0.3, -0.25) is 0 Å². The summed E-state index contributed by atoms with van der Waals surface area (Å²) in [7, 11) is 0. The molecule has 2 rings (SSSR count). The second-order valence-corrected chi connectivity index (χ2v) is 5.11. The average molecular weight is 247 g/mol. The lowest BCUT2D eigenvalue weighted by molar-refractivity contribution is 0.497. The summed E-state index contributed by atoms with van der Waals surface area (Å²) in [6.07, 6.45) is 6.31. The van der Waals surface area contributed by atoms with Crippen molar-refractivity contribution in [2.24, 2.45) is 0 Å². The number of thioether (sulfide) groups is 1. The minimum atomic E-state index is 0.420. The first kappa shape index (κ1) is 11.1. The topological polar surface area (TPSA) is 29.3 Å². The first-order valence-electron chi connectivity index (χ1n) is 5.11. The monoisotopic (exact) mass is 246 g/mol. The number of oxazole rings is 1. The van der Waals surface area contributed by atoms with E-state index in [1.165, 1.54) is 12.8 Å². The SMILES string of the molecule is CSC1CCCN(c2nc(CCl)co2)C1. The van der Waals surface area contributed by atoms with Gasteiger partial charge in [0.05, 0.1) is 11.6 Å². The van der Waals surface area contributed by atoms with E-state index in [0.29, 0.717) is 11.1 Å². The van der Waals surface area contributed by atoms with Crippen LogP contribution in [0.25, 0.3) is 0 Å². The van der Waals surface area contributed by atoms with Crippen molar-refractivity contribution in [1.82, 2.24) is 4.98 Å². The van der Waals surface area contributed by atoms with Gasteiger partial charge in [-0.15, -0.1) is 11.6 Å². The summed E-state index contributed by atoms with van der Waals surface area (Å²) in [5, 5.41) is 0.699. The third-order valence-corrected chi connectivity index (χ3v) is 3.98. The molecule has 84 valence electrons. The fourth-order valence-corrected chi connectivity index (χ4v) is 2.66. The van der Waals surface area contributed by atoms with Crippen molar-refractivity contribution in [3.05, 3.63) is 12.0 Å². The highest BCUT2D eigenvalue weighted by Crippen LogP contribution is 2.24. The van der Waals surface area contributed by atoms with Crippen molar-refractivity contribution in [2.75, 3.05) is 24.2 Å². The van der Waals surface area contributed by atoms with Crippen LogP contribution < -0.4 is 4.90 Å². The van der Waals surface area contributed by atoms with Crippen molar-refractivity contribution in [1.29, 1.82) is 0 Å². The summed E-state index contributed by atoms with van der Waals surface area (Å²) in [6.45, 7) is 2.07. The van der Waals surface area contributed by atoms with E-state index in [-0.39, 0.29) is 0 Å². The maximum absolute atomic E-state index is 5.69. The van der Waals surface area contributed by atoms with Gasteiger partial charge in [-0.1, -0.05) is 0 Å². The van der Waals surface area contributed by atoms with E-state index in [1.807, 2.05) is 11.8 Å². The zero-order valence-electron chi connectivity index (χ0n) is 8.78. The Morgan fingerprint density at radius 3 is 3.27 bits per heavy atom. The van der Waals surface area contributed by atoms with Crippen LogP contribution >= 0.6 is 23.4 Å². The molecule has 3 nitrogen and oxygen atoms in total. The maximum atomic E-state index is 5.69. The number of piperidine rings is 1. The second-order valence-electron chi connectivity index (χ2n) is 3.70. The third-order valence-electron chi connectivity index (χ3n) is 2.66. The number of rotatable bonds is 3. The van der Waals surface area contributed by atoms with Crippen LogP contribution in [0.2, 0.25) is 0 Å². The van der Waals surface area contributed by atoms with Gasteiger partial charge in [-0.05, 0) is 19.1 Å². The number of halogens is 1. The van der Waals surface area contributed by atoms with Gasteiger partial charge in [0.15, 0.2) is 0 Å². The van der Waals surface area contributed by atoms with Crippen LogP contribution in [0.4, 0.5) is 6.01 Å². The lowest BCUT2D eigenvalue weighted by atomic mass is 10.1. The molecule has 0 spiro atoms. The molecule has 0 aliphatic carbocycles. The predicted octanol–water partition coefficient (Wildman–Crippen LogP) is 2.75. The summed E-state index contributed by atoms with van der Waals surface area (Å²) in [5.41, 5.74) is 0.818. The molecular formula is C10H15ClN2OS. The number of hydrogen-bond acceptors (Lipinski definition) is 4. The highest BCUT2D eigenvalue weighted by atomic mass is 35.5. The summed E-state index contributed by atoms with van der Waals surface area (Å²) >= 11 is 7.61. The molecule has 0 bridgehead atoms. The lowest BCUT2D eigenvalue weighted by Crippen LogP contribution is -2.37. The summed E-state index contributed by atoms with van der Waals surface area (Å²) in [5.74, 6) is 0.420.